The molecule has 1 aromatic carbocycles. The van der Waals surface area contributed by atoms with Crippen molar-refractivity contribution in [2.45, 2.75) is 12.8 Å². The van der Waals surface area contributed by atoms with Gasteiger partial charge in [-0.1, -0.05) is 0 Å². The van der Waals surface area contributed by atoms with Crippen LogP contribution in [0.15, 0.2) is 18.2 Å². The average Bonchev–Trinajstić information content (AvgIpc) is 2.42. The quantitative estimate of drug-likeness (QED) is 0.823. The number of benzene rings is 1. The number of hydrogen-bond donors (Lipinski definition) is 1. The van der Waals surface area contributed by atoms with E-state index in [1.165, 1.54) is 6.07 Å². The molecular weight excluding hydrogens is 358 g/mol. The zero-order valence-corrected chi connectivity index (χ0v) is 13.1. The number of hydrogen-bond acceptors (Lipinski definition) is 2. The highest BCUT2D eigenvalue weighted by Gasteiger charge is 2.23. The number of nitrogens with one attached hydrogen (secondary N) is 1. The van der Waals surface area contributed by atoms with Crippen LogP contribution in [0.3, 0.4) is 0 Å². The lowest BCUT2D eigenvalue weighted by atomic mass is 9.96. The third-order valence-electron chi connectivity index (χ3n) is 3.56. The number of amides is 1. The van der Waals surface area contributed by atoms with Crippen LogP contribution in [0, 0.1) is 15.3 Å². The molecule has 0 spiro atoms. The van der Waals surface area contributed by atoms with Crippen molar-refractivity contribution in [3.05, 3.63) is 33.1 Å². The zero-order valence-electron chi connectivity index (χ0n) is 11.0. The number of carbonyl (C=O) groups excluding carboxylic acids is 1. The van der Waals surface area contributed by atoms with Gasteiger partial charge in [0.15, 0.2) is 0 Å². The molecule has 0 aliphatic carbocycles. The van der Waals surface area contributed by atoms with E-state index < -0.39 is 0 Å². The third-order valence-corrected chi connectivity index (χ3v) is 4.44. The van der Waals surface area contributed by atoms with Gasteiger partial charge in [0, 0.05) is 22.2 Å². The first-order valence-corrected chi connectivity index (χ1v) is 7.58. The standard InChI is InChI=1S/C14H18FIN2O/c1-17-9-10-4-6-18(7-5-10)14(19)11-2-3-13(16)12(15)8-11/h2-3,8,10,17H,4-7,9H2,1H3. The summed E-state index contributed by atoms with van der Waals surface area (Å²) in [6.45, 7) is 2.53. The van der Waals surface area contributed by atoms with Crippen LogP contribution >= 0.6 is 22.6 Å². The summed E-state index contributed by atoms with van der Waals surface area (Å²) in [6, 6.07) is 4.69. The Hall–Kier alpha value is -0.690. The summed E-state index contributed by atoms with van der Waals surface area (Å²) in [5, 5.41) is 3.17. The Bertz CT molecular complexity index is 459. The first-order valence-electron chi connectivity index (χ1n) is 6.50. The van der Waals surface area contributed by atoms with Crippen molar-refractivity contribution in [1.82, 2.24) is 10.2 Å². The molecule has 0 atom stereocenters. The normalized spacial score (nSPS) is 16.7. The summed E-state index contributed by atoms with van der Waals surface area (Å²) >= 11 is 1.92. The Kier molecular flexibility index (Phi) is 5.15. The second-order valence-electron chi connectivity index (χ2n) is 4.92. The van der Waals surface area contributed by atoms with Crippen LogP contribution in [-0.4, -0.2) is 37.5 Å². The van der Waals surface area contributed by atoms with E-state index in [2.05, 4.69) is 5.32 Å². The maximum absolute atomic E-state index is 13.5. The zero-order chi connectivity index (χ0) is 13.8. The third kappa shape index (κ3) is 3.66. The molecule has 0 unspecified atom stereocenters. The highest BCUT2D eigenvalue weighted by atomic mass is 127. The van der Waals surface area contributed by atoms with Gasteiger partial charge in [-0.05, 0) is 73.1 Å². The van der Waals surface area contributed by atoms with Gasteiger partial charge in [-0.25, -0.2) is 4.39 Å². The molecule has 1 aliphatic heterocycles. The van der Waals surface area contributed by atoms with Crippen molar-refractivity contribution in [2.75, 3.05) is 26.7 Å². The lowest BCUT2D eigenvalue weighted by Gasteiger charge is -2.32. The molecule has 19 heavy (non-hydrogen) atoms. The van der Waals surface area contributed by atoms with Gasteiger partial charge < -0.3 is 10.2 Å². The van der Waals surface area contributed by atoms with Crippen LogP contribution < -0.4 is 5.32 Å². The molecule has 104 valence electrons. The Morgan fingerprint density at radius 2 is 2.16 bits per heavy atom. The number of piperidine rings is 1. The molecule has 2 rings (SSSR count). The van der Waals surface area contributed by atoms with Crippen LogP contribution in [0.5, 0.6) is 0 Å². The van der Waals surface area contributed by atoms with Gasteiger partial charge in [-0.3, -0.25) is 4.79 Å². The molecule has 0 saturated carbocycles. The molecule has 0 radical (unpaired) electrons. The minimum absolute atomic E-state index is 0.0572. The Morgan fingerprint density at radius 1 is 1.47 bits per heavy atom. The maximum Gasteiger partial charge on any atom is 0.253 e. The largest absolute Gasteiger partial charge is 0.339 e. The van der Waals surface area contributed by atoms with Crippen molar-refractivity contribution >= 4 is 28.5 Å². The lowest BCUT2D eigenvalue weighted by molar-refractivity contribution is 0.0690. The van der Waals surface area contributed by atoms with Crippen LogP contribution in [0.1, 0.15) is 23.2 Å². The molecule has 1 amide bonds. The molecular formula is C14H18FIN2O. The topological polar surface area (TPSA) is 32.3 Å². The van der Waals surface area contributed by atoms with Crippen LogP contribution in [0.25, 0.3) is 0 Å². The predicted octanol–water partition coefficient (Wildman–Crippen LogP) is 2.50. The van der Waals surface area contributed by atoms with Gasteiger partial charge in [0.2, 0.25) is 0 Å². The molecule has 1 heterocycles. The molecule has 1 saturated heterocycles. The number of carbonyl (C=O) groups is 1. The van der Waals surface area contributed by atoms with Crippen molar-refractivity contribution in [3.63, 3.8) is 0 Å². The summed E-state index contributed by atoms with van der Waals surface area (Å²) in [5.41, 5.74) is 0.449. The first-order chi connectivity index (χ1) is 9.11. The first kappa shape index (κ1) is 14.7. The van der Waals surface area contributed by atoms with E-state index >= 15 is 0 Å². The molecule has 1 fully saturated rings. The van der Waals surface area contributed by atoms with E-state index in [0.717, 1.165) is 32.5 Å². The number of likely N-dealkylation sites (tertiary alicyclic amines) is 1. The van der Waals surface area contributed by atoms with E-state index in [0.29, 0.717) is 15.1 Å². The Morgan fingerprint density at radius 3 is 2.74 bits per heavy atom. The minimum Gasteiger partial charge on any atom is -0.339 e. The summed E-state index contributed by atoms with van der Waals surface area (Å²) in [4.78, 5) is 14.1. The van der Waals surface area contributed by atoms with Crippen LogP contribution in [0.2, 0.25) is 0 Å². The Balaban J connectivity index is 1.99. The molecule has 0 bridgehead atoms. The van der Waals surface area contributed by atoms with Gasteiger partial charge in [0.1, 0.15) is 5.82 Å². The molecule has 5 heteroatoms. The van der Waals surface area contributed by atoms with Crippen LogP contribution in [-0.2, 0) is 0 Å². The average molecular weight is 376 g/mol. The van der Waals surface area contributed by atoms with E-state index in [-0.39, 0.29) is 11.7 Å². The fourth-order valence-electron chi connectivity index (χ4n) is 2.44. The molecule has 1 aliphatic rings. The second-order valence-corrected chi connectivity index (χ2v) is 6.08. The minimum atomic E-state index is -0.323. The molecule has 1 aromatic rings. The van der Waals surface area contributed by atoms with Crippen molar-refractivity contribution in [2.24, 2.45) is 5.92 Å². The summed E-state index contributed by atoms with van der Waals surface area (Å²) < 4.78 is 14.0. The molecule has 3 nitrogen and oxygen atoms in total. The number of nitrogens with zero attached hydrogens (tertiary/aromatic N) is 1. The highest BCUT2D eigenvalue weighted by Crippen LogP contribution is 2.20. The maximum atomic E-state index is 13.5. The fraction of sp³-hybridized carbons (Fsp3) is 0.500. The molecule has 0 aromatic heterocycles. The summed E-state index contributed by atoms with van der Waals surface area (Å²) in [5.74, 6) is 0.261. The smallest absolute Gasteiger partial charge is 0.253 e. The van der Waals surface area contributed by atoms with Gasteiger partial charge in [0.05, 0.1) is 0 Å². The SMILES string of the molecule is CNCC1CCN(C(=O)c2ccc(I)c(F)c2)CC1. The van der Waals surface area contributed by atoms with Crippen molar-refractivity contribution in [1.29, 1.82) is 0 Å². The van der Waals surface area contributed by atoms with Gasteiger partial charge in [-0.2, -0.15) is 0 Å². The van der Waals surface area contributed by atoms with Gasteiger partial charge in [-0.15, -0.1) is 0 Å². The highest BCUT2D eigenvalue weighted by molar-refractivity contribution is 14.1. The Labute approximate surface area is 126 Å². The van der Waals surface area contributed by atoms with Gasteiger partial charge >= 0.3 is 0 Å². The predicted molar refractivity (Wildman–Crippen MR) is 81.7 cm³/mol. The van der Waals surface area contributed by atoms with Gasteiger partial charge in [0.25, 0.3) is 5.91 Å². The van der Waals surface area contributed by atoms with E-state index in [9.17, 15) is 9.18 Å². The van der Waals surface area contributed by atoms with Crippen molar-refractivity contribution in [3.8, 4) is 0 Å². The number of rotatable bonds is 3. The van der Waals surface area contributed by atoms with E-state index in [1.54, 1.807) is 12.1 Å². The monoisotopic (exact) mass is 376 g/mol. The number of halogens is 2. The summed E-state index contributed by atoms with van der Waals surface area (Å²) in [7, 11) is 1.95. The van der Waals surface area contributed by atoms with Crippen LogP contribution in [0.4, 0.5) is 4.39 Å². The second kappa shape index (κ2) is 6.65. The molecule has 1 N–H and O–H groups in total. The summed E-state index contributed by atoms with van der Waals surface area (Å²) in [6.07, 6.45) is 2.03. The van der Waals surface area contributed by atoms with Crippen molar-refractivity contribution < 1.29 is 9.18 Å². The van der Waals surface area contributed by atoms with E-state index in [1.807, 2.05) is 34.5 Å². The fourth-order valence-corrected chi connectivity index (χ4v) is 2.78. The van der Waals surface area contributed by atoms with E-state index in [4.69, 9.17) is 0 Å². The lowest BCUT2D eigenvalue weighted by Crippen LogP contribution is -2.40.